The van der Waals surface area contributed by atoms with Crippen molar-refractivity contribution in [2.24, 2.45) is 0 Å². The minimum Gasteiger partial charge on any atom is -0.303 e. The van der Waals surface area contributed by atoms with E-state index in [1.165, 1.54) is 0 Å². The minimum absolute atomic E-state index is 0.0702. The van der Waals surface area contributed by atoms with Crippen molar-refractivity contribution < 1.29 is 4.79 Å². The first kappa shape index (κ1) is 12.5. The van der Waals surface area contributed by atoms with E-state index in [-0.39, 0.29) is 5.78 Å². The van der Waals surface area contributed by atoms with Crippen molar-refractivity contribution in [1.82, 2.24) is 9.55 Å². The molecule has 0 aliphatic rings. The molecule has 1 aromatic heterocycles. The van der Waals surface area contributed by atoms with Gasteiger partial charge >= 0.3 is 0 Å². The normalized spacial score (nSPS) is 11.5. The molecular formula is C12H10Br2N2O. The number of rotatable bonds is 3. The Morgan fingerprint density at radius 2 is 1.94 bits per heavy atom. The fourth-order valence-electron chi connectivity index (χ4n) is 1.55. The molecule has 2 aromatic rings. The minimum atomic E-state index is -0.984. The average Bonchev–Trinajstić information content (AvgIpc) is 2.76. The Bertz CT molecular complexity index is 534. The highest BCUT2D eigenvalue weighted by molar-refractivity contribution is 9.25. The lowest BCUT2D eigenvalue weighted by Crippen LogP contribution is -2.30. The zero-order valence-electron chi connectivity index (χ0n) is 9.10. The second-order valence-corrected chi connectivity index (χ2v) is 6.94. The van der Waals surface area contributed by atoms with Gasteiger partial charge in [0.2, 0.25) is 9.14 Å². The van der Waals surface area contributed by atoms with Gasteiger partial charge < -0.3 is 4.57 Å². The van der Waals surface area contributed by atoms with Crippen LogP contribution in [-0.2, 0) is 3.36 Å². The van der Waals surface area contributed by atoms with Gasteiger partial charge in [-0.15, -0.1) is 0 Å². The number of benzene rings is 1. The van der Waals surface area contributed by atoms with Gasteiger partial charge in [0.05, 0.1) is 0 Å². The molecule has 0 saturated heterocycles. The summed E-state index contributed by atoms with van der Waals surface area (Å²) in [5.41, 5.74) is 0.634. The molecule has 1 heterocycles. The maximum absolute atomic E-state index is 12.4. The lowest BCUT2D eigenvalue weighted by atomic mass is 10.1. The fourth-order valence-corrected chi connectivity index (χ4v) is 2.75. The zero-order chi connectivity index (χ0) is 12.5. The van der Waals surface area contributed by atoms with Crippen molar-refractivity contribution in [3.05, 3.63) is 54.1 Å². The second kappa shape index (κ2) is 4.74. The Balaban J connectivity index is 2.40. The second-order valence-electron chi connectivity index (χ2n) is 3.58. The molecule has 3 nitrogen and oxygen atoms in total. The molecular weight excluding hydrogens is 348 g/mol. The van der Waals surface area contributed by atoms with E-state index < -0.39 is 3.36 Å². The highest BCUT2D eigenvalue weighted by atomic mass is 79.9. The number of carbonyl (C=O) groups excluding carboxylic acids is 1. The Morgan fingerprint density at radius 1 is 1.29 bits per heavy atom. The van der Waals surface area contributed by atoms with Crippen LogP contribution in [0.15, 0.2) is 42.7 Å². The molecule has 5 heteroatoms. The van der Waals surface area contributed by atoms with E-state index in [1.807, 2.05) is 25.1 Å². The molecule has 0 aliphatic heterocycles. The molecule has 0 N–H and O–H groups in total. The highest BCUT2D eigenvalue weighted by Gasteiger charge is 2.35. The van der Waals surface area contributed by atoms with Crippen LogP contribution in [0.1, 0.15) is 16.2 Å². The molecule has 0 unspecified atom stereocenters. The summed E-state index contributed by atoms with van der Waals surface area (Å²) in [6, 6.07) is 9.12. The third kappa shape index (κ3) is 2.35. The van der Waals surface area contributed by atoms with E-state index in [4.69, 9.17) is 0 Å². The van der Waals surface area contributed by atoms with E-state index in [0.29, 0.717) is 5.56 Å². The molecule has 0 spiro atoms. The van der Waals surface area contributed by atoms with Crippen molar-refractivity contribution in [3.8, 4) is 0 Å². The molecule has 1 aromatic carbocycles. The quantitative estimate of drug-likeness (QED) is 0.622. The maximum Gasteiger partial charge on any atom is 0.219 e. The van der Waals surface area contributed by atoms with Crippen molar-refractivity contribution in [1.29, 1.82) is 0 Å². The summed E-state index contributed by atoms with van der Waals surface area (Å²) in [5.74, 6) is 0.683. The number of imidazole rings is 1. The van der Waals surface area contributed by atoms with Gasteiger partial charge in [-0.05, 0) is 38.8 Å². The number of hydrogen-bond acceptors (Lipinski definition) is 2. The molecule has 88 valence electrons. The van der Waals surface area contributed by atoms with Gasteiger partial charge in [-0.3, -0.25) is 4.79 Å². The number of nitrogens with zero attached hydrogens (tertiary/aromatic N) is 2. The number of Topliss-reactive ketones (excluding diaryl/α,β-unsaturated/α-hetero) is 1. The Hall–Kier alpha value is -0.940. The van der Waals surface area contributed by atoms with Crippen LogP contribution in [0.2, 0.25) is 0 Å². The molecule has 0 bridgehead atoms. The van der Waals surface area contributed by atoms with Gasteiger partial charge in [-0.1, -0.05) is 30.3 Å². The summed E-state index contributed by atoms with van der Waals surface area (Å²) in [6.07, 6.45) is 3.41. The Labute approximate surface area is 116 Å². The number of aromatic nitrogens is 2. The Kier molecular flexibility index (Phi) is 3.49. The smallest absolute Gasteiger partial charge is 0.219 e. The molecule has 0 saturated carbocycles. The van der Waals surface area contributed by atoms with E-state index in [9.17, 15) is 4.79 Å². The van der Waals surface area contributed by atoms with Crippen LogP contribution in [0.5, 0.6) is 0 Å². The molecule has 17 heavy (non-hydrogen) atoms. The van der Waals surface area contributed by atoms with E-state index in [1.54, 1.807) is 29.1 Å². The monoisotopic (exact) mass is 356 g/mol. The number of aryl methyl sites for hydroxylation is 1. The van der Waals surface area contributed by atoms with Gasteiger partial charge in [0.1, 0.15) is 5.82 Å². The molecule has 0 amide bonds. The summed E-state index contributed by atoms with van der Waals surface area (Å²) in [7, 11) is 0. The van der Waals surface area contributed by atoms with Gasteiger partial charge in [-0.2, -0.15) is 0 Å². The number of halogens is 2. The standard InChI is InChI=1S/C12H10Br2N2O/c1-9-15-7-8-16(9)12(13,14)11(17)10-5-3-2-4-6-10/h2-8H,1H3. The molecule has 0 aliphatic carbocycles. The van der Waals surface area contributed by atoms with Crippen LogP contribution in [0, 0.1) is 6.92 Å². The van der Waals surface area contributed by atoms with Crippen LogP contribution in [-0.4, -0.2) is 15.3 Å². The Morgan fingerprint density at radius 3 is 2.47 bits per heavy atom. The first-order valence-corrected chi connectivity index (χ1v) is 6.60. The summed E-state index contributed by atoms with van der Waals surface area (Å²) in [5, 5.41) is 0. The molecule has 0 atom stereocenters. The summed E-state index contributed by atoms with van der Waals surface area (Å²) in [4.78, 5) is 16.5. The number of hydrogen-bond donors (Lipinski definition) is 0. The topological polar surface area (TPSA) is 34.9 Å². The average molecular weight is 358 g/mol. The SMILES string of the molecule is Cc1nccn1C(Br)(Br)C(=O)c1ccccc1. The highest BCUT2D eigenvalue weighted by Crippen LogP contribution is 2.36. The summed E-state index contributed by atoms with van der Waals surface area (Å²) < 4.78 is 0.754. The summed E-state index contributed by atoms with van der Waals surface area (Å²) >= 11 is 6.82. The molecule has 0 radical (unpaired) electrons. The van der Waals surface area contributed by atoms with E-state index >= 15 is 0 Å². The van der Waals surface area contributed by atoms with Gasteiger partial charge in [0, 0.05) is 18.0 Å². The summed E-state index contributed by atoms with van der Waals surface area (Å²) in [6.45, 7) is 1.84. The van der Waals surface area contributed by atoms with Crippen LogP contribution in [0.4, 0.5) is 0 Å². The van der Waals surface area contributed by atoms with Gasteiger partial charge in [0.15, 0.2) is 0 Å². The fraction of sp³-hybridized carbons (Fsp3) is 0.167. The zero-order valence-corrected chi connectivity index (χ0v) is 12.3. The van der Waals surface area contributed by atoms with Crippen molar-refractivity contribution in [3.63, 3.8) is 0 Å². The third-order valence-electron chi connectivity index (χ3n) is 2.44. The van der Waals surface area contributed by atoms with Gasteiger partial charge in [-0.25, -0.2) is 4.98 Å². The number of carbonyl (C=O) groups is 1. The number of ketones is 1. The van der Waals surface area contributed by atoms with Crippen LogP contribution < -0.4 is 0 Å². The first-order chi connectivity index (χ1) is 8.03. The van der Waals surface area contributed by atoms with Crippen molar-refractivity contribution in [2.45, 2.75) is 10.3 Å². The van der Waals surface area contributed by atoms with Gasteiger partial charge in [0.25, 0.3) is 0 Å². The predicted octanol–water partition coefficient (Wildman–Crippen LogP) is 3.47. The van der Waals surface area contributed by atoms with Crippen LogP contribution in [0.25, 0.3) is 0 Å². The third-order valence-corrected chi connectivity index (χ3v) is 3.92. The molecule has 0 fully saturated rings. The van der Waals surface area contributed by atoms with Crippen molar-refractivity contribution >= 4 is 37.6 Å². The van der Waals surface area contributed by atoms with Crippen LogP contribution >= 0.6 is 31.9 Å². The van der Waals surface area contributed by atoms with Crippen molar-refractivity contribution in [2.75, 3.05) is 0 Å². The lowest BCUT2D eigenvalue weighted by Gasteiger charge is -2.22. The van der Waals surface area contributed by atoms with E-state index in [2.05, 4.69) is 36.8 Å². The number of alkyl halides is 2. The largest absolute Gasteiger partial charge is 0.303 e. The molecule has 2 rings (SSSR count). The first-order valence-electron chi connectivity index (χ1n) is 5.01. The van der Waals surface area contributed by atoms with Crippen LogP contribution in [0.3, 0.4) is 0 Å². The maximum atomic E-state index is 12.4. The van der Waals surface area contributed by atoms with E-state index in [0.717, 1.165) is 5.82 Å². The lowest BCUT2D eigenvalue weighted by molar-refractivity contribution is 0.0957. The predicted molar refractivity (Wildman–Crippen MR) is 73.6 cm³/mol.